The number of carbonyl (C=O) groups excluding carboxylic acids is 2. The van der Waals surface area contributed by atoms with E-state index in [0.29, 0.717) is 27.3 Å². The van der Waals surface area contributed by atoms with Crippen molar-refractivity contribution in [1.82, 2.24) is 4.98 Å². The van der Waals surface area contributed by atoms with Crippen LogP contribution in [0.3, 0.4) is 0 Å². The molecule has 4 rings (SSSR count). The van der Waals surface area contributed by atoms with E-state index in [0.717, 1.165) is 0 Å². The van der Waals surface area contributed by atoms with Crippen molar-refractivity contribution in [3.63, 3.8) is 0 Å². The smallest absolute Gasteiger partial charge is 0.374 e. The summed E-state index contributed by atoms with van der Waals surface area (Å²) < 4.78 is 16.0. The first-order valence-electron chi connectivity index (χ1n) is 9.05. The van der Waals surface area contributed by atoms with Crippen LogP contribution in [-0.2, 0) is 16.1 Å². The fourth-order valence-corrected chi connectivity index (χ4v) is 3.14. The Bertz CT molecular complexity index is 1280. The third kappa shape index (κ3) is 3.50. The van der Waals surface area contributed by atoms with Gasteiger partial charge in [-0.2, -0.15) is 0 Å². The third-order valence-electron chi connectivity index (χ3n) is 4.48. The van der Waals surface area contributed by atoms with Gasteiger partial charge in [-0.1, -0.05) is 36.4 Å². The van der Waals surface area contributed by atoms with Crippen LogP contribution in [-0.4, -0.2) is 23.5 Å². The number of ether oxygens (including phenoxy) is 2. The quantitative estimate of drug-likeness (QED) is 0.520. The number of H-pyrrole nitrogens is 1. The van der Waals surface area contributed by atoms with E-state index in [1.807, 2.05) is 0 Å². The molecule has 146 valence electrons. The molecule has 0 saturated carbocycles. The number of hydrogen-bond donors (Lipinski definition) is 1. The van der Waals surface area contributed by atoms with E-state index in [9.17, 15) is 14.4 Å². The van der Waals surface area contributed by atoms with E-state index in [1.54, 1.807) is 61.5 Å². The lowest BCUT2D eigenvalue weighted by Crippen LogP contribution is -2.16. The van der Waals surface area contributed by atoms with Crippen molar-refractivity contribution < 1.29 is 23.5 Å². The second-order valence-corrected chi connectivity index (χ2v) is 6.30. The molecule has 0 spiro atoms. The van der Waals surface area contributed by atoms with Gasteiger partial charge < -0.3 is 18.9 Å². The van der Waals surface area contributed by atoms with E-state index in [-0.39, 0.29) is 30.2 Å². The van der Waals surface area contributed by atoms with Gasteiger partial charge in [0.1, 0.15) is 17.9 Å². The molecule has 7 heteroatoms. The van der Waals surface area contributed by atoms with Crippen molar-refractivity contribution in [2.24, 2.45) is 0 Å². The minimum atomic E-state index is -0.715. The first kappa shape index (κ1) is 18.5. The first-order valence-corrected chi connectivity index (χ1v) is 9.05. The van der Waals surface area contributed by atoms with Crippen LogP contribution in [0.15, 0.2) is 63.8 Å². The molecule has 0 atom stereocenters. The number of furan rings is 1. The molecular formula is C22H17NO6. The molecule has 4 aromatic rings. The lowest BCUT2D eigenvalue weighted by molar-refractivity contribution is 0.0431. The van der Waals surface area contributed by atoms with Gasteiger partial charge in [-0.3, -0.25) is 4.79 Å². The van der Waals surface area contributed by atoms with Crippen molar-refractivity contribution >= 4 is 33.7 Å². The molecule has 1 N–H and O–H groups in total. The normalized spacial score (nSPS) is 10.9. The highest BCUT2D eigenvalue weighted by Gasteiger charge is 2.23. The number of aromatic nitrogens is 1. The fourth-order valence-electron chi connectivity index (χ4n) is 3.14. The number of hydrogen-bond acceptors (Lipinski definition) is 6. The molecular weight excluding hydrogens is 374 g/mol. The predicted octanol–water partition coefficient (Wildman–Crippen LogP) is 3.81. The van der Waals surface area contributed by atoms with Crippen molar-refractivity contribution in [2.75, 3.05) is 6.61 Å². The number of pyridine rings is 1. The molecule has 7 nitrogen and oxygen atoms in total. The summed E-state index contributed by atoms with van der Waals surface area (Å²) in [5, 5.41) is 1.76. The van der Waals surface area contributed by atoms with Gasteiger partial charge in [0.15, 0.2) is 0 Å². The van der Waals surface area contributed by atoms with E-state index < -0.39 is 11.9 Å². The number of aromatic amines is 1. The van der Waals surface area contributed by atoms with Gasteiger partial charge in [-0.25, -0.2) is 9.59 Å². The van der Waals surface area contributed by atoms with Gasteiger partial charge in [0.25, 0.3) is 5.56 Å². The lowest BCUT2D eigenvalue weighted by atomic mass is 10.1. The molecule has 0 aliphatic carbocycles. The zero-order valence-electron chi connectivity index (χ0n) is 15.6. The maximum Gasteiger partial charge on any atom is 0.374 e. The Morgan fingerprint density at radius 1 is 0.966 bits per heavy atom. The summed E-state index contributed by atoms with van der Waals surface area (Å²) in [6.07, 6.45) is 0. The summed E-state index contributed by atoms with van der Waals surface area (Å²) in [6.45, 7) is 1.67. The minimum Gasteiger partial charge on any atom is -0.460 e. The monoisotopic (exact) mass is 391 g/mol. The Labute approximate surface area is 164 Å². The van der Waals surface area contributed by atoms with Crippen LogP contribution in [0.1, 0.15) is 33.5 Å². The van der Waals surface area contributed by atoms with E-state index in [1.165, 1.54) is 0 Å². The topological polar surface area (TPSA) is 98.6 Å². The molecule has 0 saturated heterocycles. The van der Waals surface area contributed by atoms with E-state index in [2.05, 4.69) is 4.98 Å². The molecule has 0 fully saturated rings. The highest BCUT2D eigenvalue weighted by molar-refractivity contribution is 5.97. The number of fused-ring (bicyclic) bond motifs is 2. The molecule has 0 unspecified atom stereocenters. The third-order valence-corrected chi connectivity index (χ3v) is 4.48. The highest BCUT2D eigenvalue weighted by Crippen LogP contribution is 2.27. The highest BCUT2D eigenvalue weighted by atomic mass is 16.5. The lowest BCUT2D eigenvalue weighted by Gasteiger charge is -2.07. The predicted molar refractivity (Wildman–Crippen MR) is 106 cm³/mol. The molecule has 0 aliphatic rings. The van der Waals surface area contributed by atoms with Gasteiger partial charge in [0.05, 0.1) is 12.2 Å². The van der Waals surface area contributed by atoms with Gasteiger partial charge in [0, 0.05) is 10.8 Å². The number of nitrogens with one attached hydrogen (secondary N) is 1. The molecule has 2 aromatic carbocycles. The summed E-state index contributed by atoms with van der Waals surface area (Å²) in [4.78, 5) is 39.5. The number of para-hydroxylation sites is 1. The van der Waals surface area contributed by atoms with Crippen LogP contribution in [0.4, 0.5) is 0 Å². The molecule has 29 heavy (non-hydrogen) atoms. The zero-order valence-corrected chi connectivity index (χ0v) is 15.6. The van der Waals surface area contributed by atoms with Crippen LogP contribution < -0.4 is 5.56 Å². The van der Waals surface area contributed by atoms with E-state index >= 15 is 0 Å². The van der Waals surface area contributed by atoms with Gasteiger partial charge in [-0.15, -0.1) is 0 Å². The maximum atomic E-state index is 12.5. The van der Waals surface area contributed by atoms with Gasteiger partial charge >= 0.3 is 11.9 Å². The van der Waals surface area contributed by atoms with Crippen LogP contribution in [0.5, 0.6) is 0 Å². The van der Waals surface area contributed by atoms with Gasteiger partial charge in [-0.05, 0) is 30.5 Å². The SMILES string of the molecule is CCOC(=O)c1oc2ccccc2c1COC(=O)c1cc2ccccc2c(=O)[nH]1. The number of benzene rings is 2. The van der Waals surface area contributed by atoms with Crippen molar-refractivity contribution in [2.45, 2.75) is 13.5 Å². The van der Waals surface area contributed by atoms with Crippen LogP contribution in [0.2, 0.25) is 0 Å². The Kier molecular flexibility index (Phi) is 4.87. The molecule has 0 aliphatic heterocycles. The number of esters is 2. The Hall–Kier alpha value is -3.87. The standard InChI is InChI=1S/C22H17NO6/c1-2-27-22(26)19-16(15-9-5-6-10-18(15)29-19)12-28-21(25)17-11-13-7-3-4-8-14(13)20(24)23-17/h3-11H,2,12H2,1H3,(H,23,24). The summed E-state index contributed by atoms with van der Waals surface area (Å²) in [7, 11) is 0. The summed E-state index contributed by atoms with van der Waals surface area (Å²) in [6, 6.07) is 15.5. The average Bonchev–Trinajstić information content (AvgIpc) is 3.11. The first-order chi connectivity index (χ1) is 14.1. The van der Waals surface area contributed by atoms with Crippen LogP contribution >= 0.6 is 0 Å². The van der Waals surface area contributed by atoms with Crippen molar-refractivity contribution in [3.8, 4) is 0 Å². The molecule has 0 radical (unpaired) electrons. The fraction of sp³-hybridized carbons (Fsp3) is 0.136. The second kappa shape index (κ2) is 7.63. The Balaban J connectivity index is 1.64. The average molecular weight is 391 g/mol. The Morgan fingerprint density at radius 3 is 2.48 bits per heavy atom. The van der Waals surface area contributed by atoms with Crippen molar-refractivity contribution in [3.05, 3.63) is 82.0 Å². The molecule has 0 amide bonds. The summed E-state index contributed by atoms with van der Waals surface area (Å²) >= 11 is 0. The largest absolute Gasteiger partial charge is 0.460 e. The second-order valence-electron chi connectivity index (χ2n) is 6.30. The minimum absolute atomic E-state index is 0.00662. The zero-order chi connectivity index (χ0) is 20.4. The van der Waals surface area contributed by atoms with E-state index in [4.69, 9.17) is 13.9 Å². The molecule has 2 aromatic heterocycles. The van der Waals surface area contributed by atoms with Crippen molar-refractivity contribution in [1.29, 1.82) is 0 Å². The molecule has 0 bridgehead atoms. The maximum absolute atomic E-state index is 12.5. The summed E-state index contributed by atoms with van der Waals surface area (Å²) in [5.74, 6) is -1.35. The Morgan fingerprint density at radius 2 is 1.69 bits per heavy atom. The van der Waals surface area contributed by atoms with Crippen LogP contribution in [0.25, 0.3) is 21.7 Å². The van der Waals surface area contributed by atoms with Crippen LogP contribution in [0, 0.1) is 0 Å². The number of carbonyl (C=O) groups is 2. The van der Waals surface area contributed by atoms with Gasteiger partial charge in [0.2, 0.25) is 5.76 Å². The summed E-state index contributed by atoms with van der Waals surface area (Å²) in [5.41, 5.74) is 0.548. The molecule has 2 heterocycles. The number of rotatable bonds is 5.